The van der Waals surface area contributed by atoms with Crippen molar-refractivity contribution in [3.63, 3.8) is 0 Å². The lowest BCUT2D eigenvalue weighted by Gasteiger charge is -2.12. The summed E-state index contributed by atoms with van der Waals surface area (Å²) in [6, 6.07) is 0. The summed E-state index contributed by atoms with van der Waals surface area (Å²) < 4.78 is 5.19. The number of esters is 1. The van der Waals surface area contributed by atoms with Crippen molar-refractivity contribution in [2.24, 2.45) is 5.92 Å². The van der Waals surface area contributed by atoms with Crippen molar-refractivity contribution in [2.75, 3.05) is 0 Å². The molecule has 118 valence electrons. The van der Waals surface area contributed by atoms with Gasteiger partial charge in [-0.25, -0.2) is 0 Å². The van der Waals surface area contributed by atoms with E-state index in [-0.39, 0.29) is 5.97 Å². The molecule has 0 N–H and O–H groups in total. The third kappa shape index (κ3) is 11.0. The SMILES string of the molecule is CCCCCC(=O)OC(C=O)CCCCCC(C)CC. The molecule has 20 heavy (non-hydrogen) atoms. The molecule has 0 saturated carbocycles. The quantitative estimate of drug-likeness (QED) is 0.280. The van der Waals surface area contributed by atoms with Gasteiger partial charge in [-0.1, -0.05) is 59.3 Å². The Balaban J connectivity index is 3.65. The number of ether oxygens (including phenoxy) is 1. The second-order valence-corrected chi connectivity index (χ2v) is 5.77. The fourth-order valence-corrected chi connectivity index (χ4v) is 2.12. The minimum Gasteiger partial charge on any atom is -0.455 e. The van der Waals surface area contributed by atoms with Crippen molar-refractivity contribution in [2.45, 2.75) is 91.1 Å². The van der Waals surface area contributed by atoms with Crippen LogP contribution in [0.3, 0.4) is 0 Å². The van der Waals surface area contributed by atoms with Gasteiger partial charge in [0.2, 0.25) is 0 Å². The van der Waals surface area contributed by atoms with Crippen LogP contribution in [0.1, 0.15) is 85.0 Å². The molecule has 0 aromatic rings. The summed E-state index contributed by atoms with van der Waals surface area (Å²) in [6.07, 6.45) is 10.1. The van der Waals surface area contributed by atoms with E-state index in [1.54, 1.807) is 0 Å². The molecule has 0 amide bonds. The first-order valence-corrected chi connectivity index (χ1v) is 8.28. The Morgan fingerprint density at radius 1 is 1.05 bits per heavy atom. The molecule has 0 aliphatic carbocycles. The van der Waals surface area contributed by atoms with Crippen molar-refractivity contribution in [3.05, 3.63) is 0 Å². The molecule has 2 unspecified atom stereocenters. The third-order valence-corrected chi connectivity index (χ3v) is 3.80. The van der Waals surface area contributed by atoms with E-state index in [2.05, 4.69) is 20.8 Å². The van der Waals surface area contributed by atoms with Gasteiger partial charge in [-0.2, -0.15) is 0 Å². The second-order valence-electron chi connectivity index (χ2n) is 5.77. The molecule has 3 nitrogen and oxygen atoms in total. The maximum Gasteiger partial charge on any atom is 0.306 e. The summed E-state index contributed by atoms with van der Waals surface area (Å²) in [6.45, 7) is 6.58. The van der Waals surface area contributed by atoms with E-state index in [0.29, 0.717) is 12.8 Å². The molecule has 0 fully saturated rings. The van der Waals surface area contributed by atoms with Gasteiger partial charge in [0.15, 0.2) is 12.4 Å². The van der Waals surface area contributed by atoms with E-state index in [1.165, 1.54) is 19.3 Å². The van der Waals surface area contributed by atoms with E-state index in [0.717, 1.165) is 44.3 Å². The number of carbonyl (C=O) groups excluding carboxylic acids is 2. The Labute approximate surface area is 124 Å². The summed E-state index contributed by atoms with van der Waals surface area (Å²) in [4.78, 5) is 22.4. The molecule has 3 heteroatoms. The van der Waals surface area contributed by atoms with Gasteiger partial charge in [-0.05, 0) is 25.2 Å². The van der Waals surface area contributed by atoms with Gasteiger partial charge < -0.3 is 4.74 Å². The highest BCUT2D eigenvalue weighted by atomic mass is 16.5. The van der Waals surface area contributed by atoms with Crippen LogP contribution >= 0.6 is 0 Å². The summed E-state index contributed by atoms with van der Waals surface area (Å²) in [5.74, 6) is 0.559. The number of rotatable bonds is 13. The highest BCUT2D eigenvalue weighted by molar-refractivity contribution is 5.72. The first-order valence-electron chi connectivity index (χ1n) is 8.28. The Bertz CT molecular complexity index is 251. The van der Waals surface area contributed by atoms with Crippen molar-refractivity contribution in [1.29, 1.82) is 0 Å². The zero-order valence-corrected chi connectivity index (χ0v) is 13.5. The first kappa shape index (κ1) is 19.1. The standard InChI is InChI=1S/C17H32O3/c1-4-6-8-13-17(19)20-16(14-18)12-10-7-9-11-15(3)5-2/h14-16H,4-13H2,1-3H3. The number of hydrogen-bond donors (Lipinski definition) is 0. The average Bonchev–Trinajstić information content (AvgIpc) is 2.45. The molecular weight excluding hydrogens is 252 g/mol. The Morgan fingerprint density at radius 2 is 1.75 bits per heavy atom. The van der Waals surface area contributed by atoms with E-state index in [1.807, 2.05) is 0 Å². The van der Waals surface area contributed by atoms with Crippen LogP contribution < -0.4 is 0 Å². The molecule has 0 bridgehead atoms. The van der Waals surface area contributed by atoms with Crippen LogP contribution in [-0.2, 0) is 14.3 Å². The predicted molar refractivity (Wildman–Crippen MR) is 82.6 cm³/mol. The first-order chi connectivity index (χ1) is 9.63. The van der Waals surface area contributed by atoms with Crippen molar-refractivity contribution >= 4 is 12.3 Å². The van der Waals surface area contributed by atoms with Crippen LogP contribution in [0.4, 0.5) is 0 Å². The number of hydrogen-bond acceptors (Lipinski definition) is 3. The lowest BCUT2D eigenvalue weighted by Crippen LogP contribution is -2.19. The summed E-state index contributed by atoms with van der Waals surface area (Å²) >= 11 is 0. The molecule has 0 aromatic heterocycles. The van der Waals surface area contributed by atoms with Gasteiger partial charge in [-0.15, -0.1) is 0 Å². The average molecular weight is 284 g/mol. The van der Waals surface area contributed by atoms with Crippen molar-refractivity contribution in [1.82, 2.24) is 0 Å². The summed E-state index contributed by atoms with van der Waals surface area (Å²) in [5, 5.41) is 0. The molecule has 0 heterocycles. The number of unbranched alkanes of at least 4 members (excludes halogenated alkanes) is 4. The largest absolute Gasteiger partial charge is 0.455 e. The number of aldehydes is 1. The topological polar surface area (TPSA) is 43.4 Å². The highest BCUT2D eigenvalue weighted by Gasteiger charge is 2.12. The van der Waals surface area contributed by atoms with E-state index in [4.69, 9.17) is 4.74 Å². The highest BCUT2D eigenvalue weighted by Crippen LogP contribution is 2.14. The van der Waals surface area contributed by atoms with Crippen molar-refractivity contribution < 1.29 is 14.3 Å². The molecular formula is C17H32O3. The van der Waals surface area contributed by atoms with Gasteiger partial charge in [0.25, 0.3) is 0 Å². The van der Waals surface area contributed by atoms with Gasteiger partial charge in [-0.3, -0.25) is 9.59 Å². The lowest BCUT2D eigenvalue weighted by molar-refractivity contribution is -0.152. The summed E-state index contributed by atoms with van der Waals surface area (Å²) in [7, 11) is 0. The van der Waals surface area contributed by atoms with Gasteiger partial charge in [0, 0.05) is 6.42 Å². The van der Waals surface area contributed by atoms with Crippen LogP contribution in [0.5, 0.6) is 0 Å². The molecule has 0 rings (SSSR count). The third-order valence-electron chi connectivity index (χ3n) is 3.80. The van der Waals surface area contributed by atoms with E-state index in [9.17, 15) is 9.59 Å². The zero-order valence-electron chi connectivity index (χ0n) is 13.5. The zero-order chi connectivity index (χ0) is 15.2. The second kappa shape index (κ2) is 13.1. The Morgan fingerprint density at radius 3 is 2.35 bits per heavy atom. The van der Waals surface area contributed by atoms with Gasteiger partial charge in [0.1, 0.15) is 0 Å². The van der Waals surface area contributed by atoms with Gasteiger partial charge >= 0.3 is 5.97 Å². The lowest BCUT2D eigenvalue weighted by atomic mass is 10.00. The number of carbonyl (C=O) groups is 2. The van der Waals surface area contributed by atoms with Crippen molar-refractivity contribution in [3.8, 4) is 0 Å². The maximum atomic E-state index is 11.5. The molecule has 0 radical (unpaired) electrons. The molecule has 0 saturated heterocycles. The maximum absolute atomic E-state index is 11.5. The van der Waals surface area contributed by atoms with Crippen LogP contribution in [0.25, 0.3) is 0 Å². The normalized spacial score (nSPS) is 13.8. The van der Waals surface area contributed by atoms with Crippen LogP contribution in [0.2, 0.25) is 0 Å². The van der Waals surface area contributed by atoms with Crippen LogP contribution in [0.15, 0.2) is 0 Å². The Kier molecular flexibility index (Phi) is 12.6. The molecule has 0 aromatic carbocycles. The molecule has 2 atom stereocenters. The predicted octanol–water partition coefficient (Wildman–Crippen LogP) is 4.67. The molecule has 0 aliphatic rings. The Hall–Kier alpha value is -0.860. The monoisotopic (exact) mass is 284 g/mol. The minimum atomic E-state index is -0.535. The smallest absolute Gasteiger partial charge is 0.306 e. The van der Waals surface area contributed by atoms with Crippen LogP contribution in [-0.4, -0.2) is 18.4 Å². The minimum absolute atomic E-state index is 0.227. The van der Waals surface area contributed by atoms with E-state index >= 15 is 0 Å². The molecule has 0 spiro atoms. The molecule has 0 aliphatic heterocycles. The van der Waals surface area contributed by atoms with E-state index < -0.39 is 6.10 Å². The fraction of sp³-hybridized carbons (Fsp3) is 0.882. The van der Waals surface area contributed by atoms with Gasteiger partial charge in [0.05, 0.1) is 0 Å². The fourth-order valence-electron chi connectivity index (χ4n) is 2.12. The summed E-state index contributed by atoms with van der Waals surface area (Å²) in [5.41, 5.74) is 0. The van der Waals surface area contributed by atoms with Crippen LogP contribution in [0, 0.1) is 5.92 Å².